The molecule has 5 rings (SSSR count). The zero-order valence-electron chi connectivity index (χ0n) is 23.6. The average molecular weight is 584 g/mol. The lowest BCUT2D eigenvalue weighted by atomic mass is 9.91. The van der Waals surface area contributed by atoms with Crippen molar-refractivity contribution >= 4 is 35.8 Å². The summed E-state index contributed by atoms with van der Waals surface area (Å²) in [5.41, 5.74) is 5.82. The maximum absolute atomic E-state index is 9.09. The van der Waals surface area contributed by atoms with Crippen molar-refractivity contribution in [3.8, 4) is 11.8 Å². The van der Waals surface area contributed by atoms with Crippen molar-refractivity contribution in [1.82, 2.24) is 15.4 Å². The molecular weight excluding hydrogens is 543 g/mol. The van der Waals surface area contributed by atoms with Crippen LogP contribution in [0.2, 0.25) is 0 Å². The van der Waals surface area contributed by atoms with Gasteiger partial charge in [-0.15, -0.1) is 24.8 Å². The van der Waals surface area contributed by atoms with Crippen LogP contribution in [0.1, 0.15) is 47.2 Å². The maximum atomic E-state index is 9.09. The molecule has 214 valence electrons. The van der Waals surface area contributed by atoms with Gasteiger partial charge in [-0.2, -0.15) is 5.26 Å². The van der Waals surface area contributed by atoms with E-state index in [1.165, 1.54) is 18.4 Å². The van der Waals surface area contributed by atoms with Crippen LogP contribution < -0.4 is 10.1 Å². The smallest absolute Gasteiger partial charge is 0.173 e. The van der Waals surface area contributed by atoms with Crippen LogP contribution in [0, 0.1) is 24.2 Å². The Labute approximate surface area is 250 Å². The van der Waals surface area contributed by atoms with Gasteiger partial charge in [-0.1, -0.05) is 47.6 Å². The van der Waals surface area contributed by atoms with Gasteiger partial charge in [0.05, 0.1) is 17.3 Å². The molecule has 0 radical (unpaired) electrons. The predicted molar refractivity (Wildman–Crippen MR) is 166 cm³/mol. The largest absolute Gasteiger partial charge is 0.488 e. The van der Waals surface area contributed by atoms with Gasteiger partial charge >= 0.3 is 0 Å². The fourth-order valence-electron chi connectivity index (χ4n) is 5.01. The number of benzene rings is 3. The van der Waals surface area contributed by atoms with E-state index in [0.717, 1.165) is 71.9 Å². The summed E-state index contributed by atoms with van der Waals surface area (Å²) < 4.78 is 11.8. The Balaban J connectivity index is 0.00000107. The lowest BCUT2D eigenvalue weighted by Crippen LogP contribution is -2.33. The molecule has 2 heterocycles. The molecule has 4 aromatic rings. The number of aryl methyl sites for hydroxylation is 2. The molecule has 1 aromatic heterocycles. The highest BCUT2D eigenvalue weighted by atomic mass is 35.5. The summed E-state index contributed by atoms with van der Waals surface area (Å²) in [4.78, 5) is 2.57. The molecule has 0 saturated carbocycles. The SMILES string of the molecule is CNC.Cc1c(OCc2cccc(C#N)c2)ccc2c(CCC3CCN(Cc4ccccc4)CC3)noc12.Cl.Cl. The number of ether oxygens (including phenoxy) is 1. The average Bonchev–Trinajstić information content (AvgIpc) is 3.37. The minimum Gasteiger partial charge on any atom is -0.488 e. The molecule has 0 spiro atoms. The second kappa shape index (κ2) is 16.9. The highest BCUT2D eigenvalue weighted by Gasteiger charge is 2.21. The molecule has 1 fully saturated rings. The number of likely N-dealkylation sites (tertiary alicyclic amines) is 1. The zero-order chi connectivity index (χ0) is 26.7. The summed E-state index contributed by atoms with van der Waals surface area (Å²) in [6.07, 6.45) is 4.57. The van der Waals surface area contributed by atoms with E-state index in [4.69, 9.17) is 14.5 Å². The van der Waals surface area contributed by atoms with E-state index < -0.39 is 0 Å². The van der Waals surface area contributed by atoms with Gasteiger partial charge in [-0.05, 0) is 101 Å². The standard InChI is InChI=1S/C30H31N3O2.C2H7N.2ClH/c1-22-29(34-21-26-9-5-8-25(18-26)19-31)13-11-27-28(32-35-30(22)27)12-10-23-14-16-33(17-15-23)20-24-6-3-2-4-7-24;1-3-2;;/h2-9,11,13,18,23H,10,12,14-17,20-21H2,1H3;3H,1-2H3;2*1H. The number of nitriles is 1. The number of hydrogen-bond acceptors (Lipinski definition) is 6. The molecular formula is C32H40Cl2N4O2. The van der Waals surface area contributed by atoms with Gasteiger partial charge in [0, 0.05) is 17.5 Å². The Kier molecular flexibility index (Phi) is 14.0. The van der Waals surface area contributed by atoms with Crippen molar-refractivity contribution < 1.29 is 9.26 Å². The van der Waals surface area contributed by atoms with Crippen LogP contribution in [0.5, 0.6) is 5.75 Å². The minimum absolute atomic E-state index is 0. The first kappa shape index (κ1) is 33.1. The van der Waals surface area contributed by atoms with Crippen LogP contribution in [0.4, 0.5) is 0 Å². The van der Waals surface area contributed by atoms with Crippen molar-refractivity contribution in [2.75, 3.05) is 27.2 Å². The Morgan fingerprint density at radius 1 is 1.00 bits per heavy atom. The van der Waals surface area contributed by atoms with Gasteiger partial charge < -0.3 is 14.6 Å². The van der Waals surface area contributed by atoms with E-state index >= 15 is 0 Å². The van der Waals surface area contributed by atoms with E-state index in [2.05, 4.69) is 57.8 Å². The molecule has 3 aromatic carbocycles. The third-order valence-corrected chi connectivity index (χ3v) is 7.11. The zero-order valence-corrected chi connectivity index (χ0v) is 25.2. The number of rotatable bonds is 8. The van der Waals surface area contributed by atoms with Crippen LogP contribution in [0.15, 0.2) is 71.3 Å². The van der Waals surface area contributed by atoms with Crippen molar-refractivity contribution in [1.29, 1.82) is 5.26 Å². The Morgan fingerprint density at radius 3 is 2.40 bits per heavy atom. The van der Waals surface area contributed by atoms with Crippen LogP contribution in [-0.4, -0.2) is 37.2 Å². The molecule has 0 atom stereocenters. The second-order valence-corrected chi connectivity index (χ2v) is 10.0. The van der Waals surface area contributed by atoms with Gasteiger partial charge in [0.1, 0.15) is 12.4 Å². The van der Waals surface area contributed by atoms with E-state index in [1.807, 2.05) is 45.3 Å². The van der Waals surface area contributed by atoms with Crippen molar-refractivity contribution in [3.05, 3.63) is 94.7 Å². The normalized spacial score (nSPS) is 13.3. The van der Waals surface area contributed by atoms with E-state index in [0.29, 0.717) is 12.2 Å². The summed E-state index contributed by atoms with van der Waals surface area (Å²) in [7, 11) is 3.75. The monoisotopic (exact) mass is 582 g/mol. The molecule has 0 aliphatic carbocycles. The third-order valence-electron chi connectivity index (χ3n) is 7.11. The molecule has 1 aliphatic rings. The predicted octanol–water partition coefficient (Wildman–Crippen LogP) is 7.11. The summed E-state index contributed by atoms with van der Waals surface area (Å²) in [5, 5.41) is 17.3. The summed E-state index contributed by atoms with van der Waals surface area (Å²) in [6, 6.07) is 24.5. The van der Waals surface area contributed by atoms with E-state index in [-0.39, 0.29) is 24.8 Å². The Bertz CT molecular complexity index is 1350. The number of aromatic nitrogens is 1. The number of nitrogens with one attached hydrogen (secondary N) is 1. The highest BCUT2D eigenvalue weighted by molar-refractivity contribution is 5.86. The highest BCUT2D eigenvalue weighted by Crippen LogP contribution is 2.32. The minimum atomic E-state index is 0. The maximum Gasteiger partial charge on any atom is 0.173 e. The Hall–Kier alpha value is -3.08. The molecule has 1 aliphatic heterocycles. The topological polar surface area (TPSA) is 74.3 Å². The van der Waals surface area contributed by atoms with Crippen LogP contribution in [-0.2, 0) is 19.6 Å². The quantitative estimate of drug-likeness (QED) is 0.238. The Morgan fingerprint density at radius 2 is 1.70 bits per heavy atom. The number of halogens is 2. The summed E-state index contributed by atoms with van der Waals surface area (Å²) in [5.74, 6) is 1.52. The molecule has 1 N–H and O–H groups in total. The van der Waals surface area contributed by atoms with Crippen LogP contribution in [0.25, 0.3) is 11.0 Å². The van der Waals surface area contributed by atoms with Crippen molar-refractivity contribution in [2.24, 2.45) is 5.92 Å². The lowest BCUT2D eigenvalue weighted by Gasteiger charge is -2.31. The molecule has 8 heteroatoms. The number of fused-ring (bicyclic) bond motifs is 1. The lowest BCUT2D eigenvalue weighted by molar-refractivity contribution is 0.172. The van der Waals surface area contributed by atoms with Crippen molar-refractivity contribution in [3.63, 3.8) is 0 Å². The number of nitrogens with zero attached hydrogens (tertiary/aromatic N) is 3. The number of hydrogen-bond donors (Lipinski definition) is 1. The van der Waals surface area contributed by atoms with Crippen LogP contribution >= 0.6 is 24.8 Å². The first-order valence-corrected chi connectivity index (χ1v) is 13.5. The van der Waals surface area contributed by atoms with Gasteiger partial charge in [0.2, 0.25) is 0 Å². The second-order valence-electron chi connectivity index (χ2n) is 10.0. The molecule has 1 saturated heterocycles. The molecule has 40 heavy (non-hydrogen) atoms. The molecule has 0 unspecified atom stereocenters. The van der Waals surface area contributed by atoms with Crippen molar-refractivity contribution in [2.45, 2.75) is 45.8 Å². The van der Waals surface area contributed by atoms with Gasteiger partial charge in [-0.3, -0.25) is 4.90 Å². The first-order valence-electron chi connectivity index (χ1n) is 13.5. The molecule has 0 amide bonds. The van der Waals surface area contributed by atoms with Crippen LogP contribution in [0.3, 0.4) is 0 Å². The van der Waals surface area contributed by atoms with Gasteiger partial charge in [-0.25, -0.2) is 0 Å². The third kappa shape index (κ3) is 8.97. The summed E-state index contributed by atoms with van der Waals surface area (Å²) in [6.45, 7) is 5.80. The fourth-order valence-corrected chi connectivity index (χ4v) is 5.01. The fraction of sp³-hybridized carbons (Fsp3) is 0.375. The van der Waals surface area contributed by atoms with Gasteiger partial charge in [0.15, 0.2) is 5.58 Å². The molecule has 6 nitrogen and oxygen atoms in total. The first-order chi connectivity index (χ1) is 18.6. The van der Waals surface area contributed by atoms with Gasteiger partial charge in [0.25, 0.3) is 0 Å². The van der Waals surface area contributed by atoms with E-state index in [1.54, 1.807) is 6.07 Å². The summed E-state index contributed by atoms with van der Waals surface area (Å²) >= 11 is 0. The number of piperidine rings is 1. The van der Waals surface area contributed by atoms with E-state index in [9.17, 15) is 0 Å². The molecule has 0 bridgehead atoms.